The van der Waals surface area contributed by atoms with Gasteiger partial charge in [-0.15, -0.1) is 0 Å². The van der Waals surface area contributed by atoms with Crippen LogP contribution < -0.4 is 15.4 Å². The van der Waals surface area contributed by atoms with Crippen molar-refractivity contribution in [2.45, 2.75) is 45.0 Å². The predicted octanol–water partition coefficient (Wildman–Crippen LogP) is 6.13. The van der Waals surface area contributed by atoms with Crippen LogP contribution in [0, 0.1) is 0 Å². The van der Waals surface area contributed by atoms with Gasteiger partial charge >= 0.3 is 12.2 Å². The van der Waals surface area contributed by atoms with Gasteiger partial charge in [-0.1, -0.05) is 55.5 Å². The fourth-order valence-corrected chi connectivity index (χ4v) is 7.52. The van der Waals surface area contributed by atoms with Crippen molar-refractivity contribution in [3.8, 4) is 28.1 Å². The normalized spacial score (nSPS) is 14.8. The summed E-state index contributed by atoms with van der Waals surface area (Å²) in [5.74, 6) is 1.60. The molecular weight excluding hydrogens is 729 g/mol. The molecule has 15 nitrogen and oxygen atoms in total. The molecule has 8 rings (SSSR count). The van der Waals surface area contributed by atoms with Gasteiger partial charge in [0.1, 0.15) is 36.6 Å². The third kappa shape index (κ3) is 7.31. The third-order valence-electron chi connectivity index (χ3n) is 10.5. The summed E-state index contributed by atoms with van der Waals surface area (Å²) in [7, 11) is 2.53. The number of carbonyl (C=O) groups is 4. The minimum Gasteiger partial charge on any atom is -0.488 e. The summed E-state index contributed by atoms with van der Waals surface area (Å²) in [6, 6.07) is 22.4. The molecule has 57 heavy (non-hydrogen) atoms. The van der Waals surface area contributed by atoms with Gasteiger partial charge in [0.15, 0.2) is 0 Å². The number of benzene rings is 4. The topological polar surface area (TPSA) is 184 Å². The molecule has 0 spiro atoms. The molecule has 2 unspecified atom stereocenters. The number of aromatic amines is 2. The van der Waals surface area contributed by atoms with Crippen molar-refractivity contribution >= 4 is 45.8 Å². The fourth-order valence-electron chi connectivity index (χ4n) is 7.52. The van der Waals surface area contributed by atoms with Crippen molar-refractivity contribution in [3.05, 3.63) is 102 Å². The maximum absolute atomic E-state index is 13.7. The van der Waals surface area contributed by atoms with Crippen LogP contribution in [0.15, 0.2) is 79.0 Å². The van der Waals surface area contributed by atoms with Crippen molar-refractivity contribution < 1.29 is 33.4 Å². The molecule has 0 radical (unpaired) electrons. The number of aromatic nitrogens is 4. The SMILES string of the molecule is CCCN(Cc1nc2c(ccc3cc4c(cc32)OCc2cc(-c3cnc(C5CCN5C(=O)C(NC(=O)OC)c5ccccc5)[nH]3)ccc2-4)[nH]1)C(=O)CNC(=O)OC. The van der Waals surface area contributed by atoms with Crippen LogP contribution in [0.5, 0.6) is 5.75 Å². The van der Waals surface area contributed by atoms with E-state index >= 15 is 0 Å². The van der Waals surface area contributed by atoms with Crippen LogP contribution >= 0.6 is 0 Å². The van der Waals surface area contributed by atoms with Gasteiger partial charge in [-0.3, -0.25) is 9.59 Å². The van der Waals surface area contributed by atoms with E-state index in [1.54, 1.807) is 28.1 Å². The van der Waals surface area contributed by atoms with E-state index in [1.165, 1.54) is 14.2 Å². The van der Waals surface area contributed by atoms with E-state index in [0.717, 1.165) is 68.3 Å². The third-order valence-corrected chi connectivity index (χ3v) is 10.5. The lowest BCUT2D eigenvalue weighted by atomic mass is 9.92. The minimum absolute atomic E-state index is 0.165. The number of nitrogens with one attached hydrogen (secondary N) is 4. The lowest BCUT2D eigenvalue weighted by Gasteiger charge is -2.41. The summed E-state index contributed by atoms with van der Waals surface area (Å²) in [6.07, 6.45) is 1.93. The number of hydrogen-bond donors (Lipinski definition) is 4. The van der Waals surface area contributed by atoms with Crippen LogP contribution in [0.1, 0.15) is 54.6 Å². The van der Waals surface area contributed by atoms with Crippen LogP contribution in [0.25, 0.3) is 44.2 Å². The van der Waals surface area contributed by atoms with Gasteiger partial charge in [-0.25, -0.2) is 19.6 Å². The molecule has 292 valence electrons. The van der Waals surface area contributed by atoms with Gasteiger partial charge in [0, 0.05) is 24.0 Å². The number of ether oxygens (including phenoxy) is 3. The number of hydrogen-bond acceptors (Lipinski definition) is 9. The molecule has 4 aromatic carbocycles. The predicted molar refractivity (Wildman–Crippen MR) is 211 cm³/mol. The Morgan fingerprint density at radius 1 is 0.982 bits per heavy atom. The Labute approximate surface area is 327 Å². The van der Waals surface area contributed by atoms with Crippen LogP contribution in [0.2, 0.25) is 0 Å². The van der Waals surface area contributed by atoms with Gasteiger partial charge in [0.05, 0.1) is 49.7 Å². The zero-order valence-electron chi connectivity index (χ0n) is 31.8. The van der Waals surface area contributed by atoms with Gasteiger partial charge in [0.25, 0.3) is 5.91 Å². The summed E-state index contributed by atoms with van der Waals surface area (Å²) >= 11 is 0. The first-order valence-electron chi connectivity index (χ1n) is 18.8. The highest BCUT2D eigenvalue weighted by Crippen LogP contribution is 2.43. The lowest BCUT2D eigenvalue weighted by molar-refractivity contribution is -0.142. The molecule has 1 saturated heterocycles. The summed E-state index contributed by atoms with van der Waals surface area (Å²) in [4.78, 5) is 70.1. The van der Waals surface area contributed by atoms with Gasteiger partial charge in [-0.2, -0.15) is 0 Å². The number of imidazole rings is 2. The second-order valence-corrected chi connectivity index (χ2v) is 14.0. The molecule has 2 atom stereocenters. The molecule has 1 fully saturated rings. The zero-order chi connectivity index (χ0) is 39.6. The van der Waals surface area contributed by atoms with E-state index in [1.807, 2.05) is 43.3 Å². The maximum Gasteiger partial charge on any atom is 0.407 e. The first kappa shape index (κ1) is 37.0. The average Bonchev–Trinajstić information content (AvgIpc) is 3.88. The highest BCUT2D eigenvalue weighted by Gasteiger charge is 2.39. The van der Waals surface area contributed by atoms with E-state index in [4.69, 9.17) is 14.5 Å². The molecular formula is C42H42N8O7. The minimum atomic E-state index is -0.887. The van der Waals surface area contributed by atoms with Crippen LogP contribution in [0.4, 0.5) is 9.59 Å². The zero-order valence-corrected chi connectivity index (χ0v) is 31.8. The Kier molecular flexibility index (Phi) is 10.2. The first-order chi connectivity index (χ1) is 27.7. The number of alkyl carbamates (subject to hydrolysis) is 2. The van der Waals surface area contributed by atoms with Gasteiger partial charge < -0.3 is 44.6 Å². The van der Waals surface area contributed by atoms with E-state index < -0.39 is 18.2 Å². The number of amides is 4. The Morgan fingerprint density at radius 3 is 2.56 bits per heavy atom. The van der Waals surface area contributed by atoms with Crippen molar-refractivity contribution in [2.24, 2.45) is 0 Å². The molecule has 4 N–H and O–H groups in total. The Morgan fingerprint density at radius 2 is 1.81 bits per heavy atom. The molecule has 4 amide bonds. The number of likely N-dealkylation sites (tertiary alicyclic amines) is 1. The molecule has 2 aromatic heterocycles. The quantitative estimate of drug-likeness (QED) is 0.120. The fraction of sp³-hybridized carbons (Fsp3) is 0.286. The monoisotopic (exact) mass is 770 g/mol. The molecule has 4 heterocycles. The Hall–Kier alpha value is -6.90. The summed E-state index contributed by atoms with van der Waals surface area (Å²) < 4.78 is 15.7. The van der Waals surface area contributed by atoms with Gasteiger partial charge in [-0.05, 0) is 64.7 Å². The standard InChI is InChI=1S/C42H42N8O7/c1-4-15-49(36(51)21-44-41(53)55-2)22-35-45-31-13-11-25-18-30-28-12-10-26(17-27(28)23-57-34(30)19-29(25)38(31)47-35)32-20-43-39(46-32)33-14-16-50(33)40(52)37(48-42(54)56-3)24-8-6-5-7-9-24/h5-13,17-20,33,37H,4,14-16,21-23H2,1-3H3,(H,43,46)(H,44,53)(H,45,47)(H,48,54). The number of nitrogens with zero attached hydrogens (tertiary/aromatic N) is 4. The van der Waals surface area contributed by atoms with E-state index in [0.29, 0.717) is 36.9 Å². The molecule has 0 bridgehead atoms. The van der Waals surface area contributed by atoms with Crippen molar-refractivity contribution in [1.29, 1.82) is 0 Å². The smallest absolute Gasteiger partial charge is 0.407 e. The van der Waals surface area contributed by atoms with E-state index in [9.17, 15) is 19.2 Å². The second-order valence-electron chi connectivity index (χ2n) is 14.0. The van der Waals surface area contributed by atoms with Crippen LogP contribution in [-0.2, 0) is 32.2 Å². The van der Waals surface area contributed by atoms with Gasteiger partial charge in [0.2, 0.25) is 5.91 Å². The Bertz CT molecular complexity index is 2500. The van der Waals surface area contributed by atoms with E-state index in [2.05, 4.69) is 54.6 Å². The number of fused-ring (bicyclic) bond motifs is 6. The van der Waals surface area contributed by atoms with Crippen molar-refractivity contribution in [2.75, 3.05) is 33.9 Å². The van der Waals surface area contributed by atoms with Crippen molar-refractivity contribution in [1.82, 2.24) is 40.4 Å². The van der Waals surface area contributed by atoms with Crippen molar-refractivity contribution in [3.63, 3.8) is 0 Å². The maximum atomic E-state index is 13.7. The number of rotatable bonds is 11. The summed E-state index contributed by atoms with van der Waals surface area (Å²) in [5.41, 5.74) is 7.13. The summed E-state index contributed by atoms with van der Waals surface area (Å²) in [5, 5.41) is 7.07. The lowest BCUT2D eigenvalue weighted by Crippen LogP contribution is -2.51. The molecule has 2 aliphatic heterocycles. The van der Waals surface area contributed by atoms with Crippen LogP contribution in [-0.4, -0.2) is 87.6 Å². The molecule has 6 aromatic rings. The number of carbonyl (C=O) groups excluding carboxylic acids is 4. The molecule has 15 heteroatoms. The number of methoxy groups -OCH3 is 2. The van der Waals surface area contributed by atoms with Crippen LogP contribution in [0.3, 0.4) is 0 Å². The van der Waals surface area contributed by atoms with E-state index in [-0.39, 0.29) is 30.9 Å². The number of H-pyrrole nitrogens is 2. The summed E-state index contributed by atoms with van der Waals surface area (Å²) in [6.45, 7) is 3.51. The molecule has 0 aliphatic carbocycles. The Balaban J connectivity index is 1.00. The first-order valence-corrected chi connectivity index (χ1v) is 18.8. The molecule has 0 saturated carbocycles. The highest BCUT2D eigenvalue weighted by atomic mass is 16.5. The highest BCUT2D eigenvalue weighted by molar-refractivity contribution is 6.07. The molecule has 2 aliphatic rings. The average molecular weight is 771 g/mol. The second kappa shape index (κ2) is 15.7. The largest absolute Gasteiger partial charge is 0.488 e.